The van der Waals surface area contributed by atoms with E-state index in [-0.39, 0.29) is 5.91 Å². The van der Waals surface area contributed by atoms with Gasteiger partial charge in [0, 0.05) is 37.3 Å². The molecule has 0 spiro atoms. The third-order valence-corrected chi connectivity index (χ3v) is 5.43. The number of ether oxygens (including phenoxy) is 2. The summed E-state index contributed by atoms with van der Waals surface area (Å²) < 4.78 is 11.5. The fourth-order valence-corrected chi connectivity index (χ4v) is 3.63. The minimum Gasteiger partial charge on any atom is -0.496 e. The maximum absolute atomic E-state index is 12.9. The Balaban J connectivity index is 1.51. The third-order valence-electron chi connectivity index (χ3n) is 5.43. The van der Waals surface area contributed by atoms with Gasteiger partial charge in [-0.2, -0.15) is 0 Å². The van der Waals surface area contributed by atoms with E-state index in [0.29, 0.717) is 12.2 Å². The van der Waals surface area contributed by atoms with Crippen molar-refractivity contribution in [1.82, 2.24) is 9.80 Å². The Kier molecular flexibility index (Phi) is 5.67. The van der Waals surface area contributed by atoms with E-state index in [1.54, 1.807) is 7.11 Å². The SMILES string of the molecule is COc1ccc(C(=O)N2CCN(C)CC2)cc1COc1ccc2ccccc2c1. The summed E-state index contributed by atoms with van der Waals surface area (Å²) in [7, 11) is 3.72. The molecule has 3 aromatic carbocycles. The van der Waals surface area contributed by atoms with Crippen LogP contribution in [0.25, 0.3) is 10.8 Å². The molecule has 1 fully saturated rings. The molecule has 4 rings (SSSR count). The molecular weight excluding hydrogens is 364 g/mol. The van der Waals surface area contributed by atoms with Crippen LogP contribution in [0.2, 0.25) is 0 Å². The average Bonchev–Trinajstić information content (AvgIpc) is 2.77. The highest BCUT2D eigenvalue weighted by molar-refractivity contribution is 5.94. The Morgan fingerprint density at radius 1 is 0.931 bits per heavy atom. The van der Waals surface area contributed by atoms with E-state index in [2.05, 4.69) is 30.1 Å². The van der Waals surface area contributed by atoms with Crippen LogP contribution in [0.15, 0.2) is 60.7 Å². The highest BCUT2D eigenvalue weighted by Gasteiger charge is 2.21. The smallest absolute Gasteiger partial charge is 0.253 e. The summed E-state index contributed by atoms with van der Waals surface area (Å²) in [5.74, 6) is 1.58. The third kappa shape index (κ3) is 4.35. The molecule has 1 amide bonds. The van der Waals surface area contributed by atoms with Gasteiger partial charge in [0.05, 0.1) is 7.11 Å². The second kappa shape index (κ2) is 8.53. The van der Waals surface area contributed by atoms with E-state index in [9.17, 15) is 4.79 Å². The van der Waals surface area contributed by atoms with Crippen molar-refractivity contribution in [3.8, 4) is 11.5 Å². The zero-order chi connectivity index (χ0) is 20.2. The monoisotopic (exact) mass is 390 g/mol. The number of benzene rings is 3. The number of amides is 1. The first-order chi connectivity index (χ1) is 14.1. The van der Waals surface area contributed by atoms with Crippen molar-refractivity contribution < 1.29 is 14.3 Å². The van der Waals surface area contributed by atoms with Crippen LogP contribution in [0.5, 0.6) is 11.5 Å². The maximum Gasteiger partial charge on any atom is 0.253 e. The van der Waals surface area contributed by atoms with Crippen LogP contribution in [0, 0.1) is 0 Å². The van der Waals surface area contributed by atoms with Gasteiger partial charge in [-0.05, 0) is 48.2 Å². The Hall–Kier alpha value is -3.05. The van der Waals surface area contributed by atoms with Gasteiger partial charge in [-0.1, -0.05) is 30.3 Å². The fraction of sp³-hybridized carbons (Fsp3) is 0.292. The second-order valence-corrected chi connectivity index (χ2v) is 7.42. The molecule has 1 heterocycles. The predicted octanol–water partition coefficient (Wildman–Crippen LogP) is 3.82. The van der Waals surface area contributed by atoms with Gasteiger partial charge in [-0.15, -0.1) is 0 Å². The van der Waals surface area contributed by atoms with Crippen molar-refractivity contribution in [1.29, 1.82) is 0 Å². The number of carbonyl (C=O) groups is 1. The fourth-order valence-electron chi connectivity index (χ4n) is 3.63. The van der Waals surface area contributed by atoms with Crippen LogP contribution in [-0.2, 0) is 6.61 Å². The van der Waals surface area contributed by atoms with E-state index < -0.39 is 0 Å². The van der Waals surface area contributed by atoms with Crippen LogP contribution in [0.4, 0.5) is 0 Å². The summed E-state index contributed by atoms with van der Waals surface area (Å²) in [5, 5.41) is 2.31. The van der Waals surface area contributed by atoms with Crippen LogP contribution >= 0.6 is 0 Å². The van der Waals surface area contributed by atoms with Gasteiger partial charge in [-0.25, -0.2) is 0 Å². The first-order valence-corrected chi connectivity index (χ1v) is 9.90. The molecule has 3 aromatic rings. The number of nitrogens with zero attached hydrogens (tertiary/aromatic N) is 2. The normalized spacial score (nSPS) is 14.8. The molecule has 0 radical (unpaired) electrons. The van der Waals surface area contributed by atoms with Crippen LogP contribution < -0.4 is 9.47 Å². The van der Waals surface area contributed by atoms with Crippen LogP contribution in [0.3, 0.4) is 0 Å². The molecule has 0 aromatic heterocycles. The van der Waals surface area contributed by atoms with E-state index >= 15 is 0 Å². The Labute approximate surface area is 171 Å². The molecule has 5 heteroatoms. The van der Waals surface area contributed by atoms with Gasteiger partial charge in [0.15, 0.2) is 0 Å². The van der Waals surface area contributed by atoms with Crippen molar-refractivity contribution in [3.05, 3.63) is 71.8 Å². The average molecular weight is 390 g/mol. The lowest BCUT2D eigenvalue weighted by molar-refractivity contribution is 0.0664. The van der Waals surface area contributed by atoms with E-state index in [1.807, 2.05) is 47.4 Å². The van der Waals surface area contributed by atoms with Crippen molar-refractivity contribution >= 4 is 16.7 Å². The van der Waals surface area contributed by atoms with Gasteiger partial charge < -0.3 is 19.3 Å². The number of methoxy groups -OCH3 is 1. The van der Waals surface area contributed by atoms with Gasteiger partial charge in [0.1, 0.15) is 18.1 Å². The van der Waals surface area contributed by atoms with Crippen molar-refractivity contribution in [2.24, 2.45) is 0 Å². The quantitative estimate of drug-likeness (QED) is 0.664. The van der Waals surface area contributed by atoms with Crippen molar-refractivity contribution in [3.63, 3.8) is 0 Å². The zero-order valence-corrected chi connectivity index (χ0v) is 16.9. The molecule has 1 saturated heterocycles. The molecule has 0 unspecified atom stereocenters. The number of likely N-dealkylation sites (N-methyl/N-ethyl adjacent to an activating group) is 1. The number of rotatable bonds is 5. The molecule has 29 heavy (non-hydrogen) atoms. The number of carbonyl (C=O) groups excluding carboxylic acids is 1. The van der Waals surface area contributed by atoms with Gasteiger partial charge in [0.25, 0.3) is 5.91 Å². The van der Waals surface area contributed by atoms with E-state index in [1.165, 1.54) is 5.39 Å². The Bertz CT molecular complexity index is 1010. The van der Waals surface area contributed by atoms with Gasteiger partial charge in [0.2, 0.25) is 0 Å². The lowest BCUT2D eigenvalue weighted by atomic mass is 10.1. The van der Waals surface area contributed by atoms with E-state index in [4.69, 9.17) is 9.47 Å². The lowest BCUT2D eigenvalue weighted by Crippen LogP contribution is -2.47. The summed E-state index contributed by atoms with van der Waals surface area (Å²) in [5.41, 5.74) is 1.54. The number of fused-ring (bicyclic) bond motifs is 1. The minimum absolute atomic E-state index is 0.0627. The van der Waals surface area contributed by atoms with Crippen molar-refractivity contribution in [2.75, 3.05) is 40.3 Å². The number of piperazine rings is 1. The van der Waals surface area contributed by atoms with Crippen molar-refractivity contribution in [2.45, 2.75) is 6.61 Å². The second-order valence-electron chi connectivity index (χ2n) is 7.42. The summed E-state index contributed by atoms with van der Waals surface area (Å²) >= 11 is 0. The highest BCUT2D eigenvalue weighted by atomic mass is 16.5. The molecule has 0 bridgehead atoms. The first-order valence-electron chi connectivity index (χ1n) is 9.90. The highest BCUT2D eigenvalue weighted by Crippen LogP contribution is 2.25. The Morgan fingerprint density at radius 2 is 1.69 bits per heavy atom. The summed E-state index contributed by atoms with van der Waals surface area (Å²) in [6.07, 6.45) is 0. The topological polar surface area (TPSA) is 42.0 Å². The maximum atomic E-state index is 12.9. The Morgan fingerprint density at radius 3 is 2.45 bits per heavy atom. The van der Waals surface area contributed by atoms with Crippen LogP contribution in [-0.4, -0.2) is 56.0 Å². The summed E-state index contributed by atoms with van der Waals surface area (Å²) in [6, 6.07) is 19.8. The standard InChI is InChI=1S/C24H26N2O3/c1-25-11-13-26(14-12-25)24(27)20-8-10-23(28-2)21(15-20)17-29-22-9-7-18-5-3-4-6-19(18)16-22/h3-10,15-16H,11-14,17H2,1-2H3. The summed E-state index contributed by atoms with van der Waals surface area (Å²) in [6.45, 7) is 3.65. The van der Waals surface area contributed by atoms with E-state index in [0.717, 1.165) is 48.6 Å². The number of hydrogen-bond acceptors (Lipinski definition) is 4. The minimum atomic E-state index is 0.0627. The lowest BCUT2D eigenvalue weighted by Gasteiger charge is -2.32. The molecule has 0 atom stereocenters. The predicted molar refractivity (Wildman–Crippen MR) is 115 cm³/mol. The summed E-state index contributed by atoms with van der Waals surface area (Å²) in [4.78, 5) is 17.1. The first kappa shape index (κ1) is 19.3. The molecule has 150 valence electrons. The molecular formula is C24H26N2O3. The van der Waals surface area contributed by atoms with Crippen LogP contribution in [0.1, 0.15) is 15.9 Å². The molecule has 0 saturated carbocycles. The molecule has 0 aliphatic carbocycles. The van der Waals surface area contributed by atoms with Gasteiger partial charge >= 0.3 is 0 Å². The van der Waals surface area contributed by atoms with Gasteiger partial charge in [-0.3, -0.25) is 4.79 Å². The molecule has 0 N–H and O–H groups in total. The molecule has 1 aliphatic rings. The molecule has 5 nitrogen and oxygen atoms in total. The zero-order valence-electron chi connectivity index (χ0n) is 16.9. The largest absolute Gasteiger partial charge is 0.496 e. The molecule has 1 aliphatic heterocycles. The number of hydrogen-bond donors (Lipinski definition) is 0.